The van der Waals surface area contributed by atoms with E-state index in [1.165, 1.54) is 0 Å². The van der Waals surface area contributed by atoms with Gasteiger partial charge in [-0.05, 0) is 0 Å². The molecule has 0 fully saturated rings. The van der Waals surface area contributed by atoms with Gasteiger partial charge in [0.2, 0.25) is 0 Å². The molecule has 0 aromatic rings. The Hall–Kier alpha value is 1.12. The number of halogens is 2. The van der Waals surface area contributed by atoms with Crippen LogP contribution in [-0.2, 0) is 20.4 Å². The minimum absolute atomic E-state index is 0. The third kappa shape index (κ3) is 6.43. The summed E-state index contributed by atoms with van der Waals surface area (Å²) in [6, 6.07) is 0. The maximum atomic E-state index is 2.31. The van der Waals surface area contributed by atoms with Crippen LogP contribution in [0.4, 0.5) is 0 Å². The van der Waals surface area contributed by atoms with E-state index in [1.807, 2.05) is 11.8 Å². The van der Waals surface area contributed by atoms with Crippen LogP contribution in [0.2, 0.25) is 0 Å². The van der Waals surface area contributed by atoms with Crippen molar-refractivity contribution in [3.05, 3.63) is 21.6 Å². The van der Waals surface area contributed by atoms with E-state index in [4.69, 9.17) is 0 Å². The van der Waals surface area contributed by atoms with Crippen molar-refractivity contribution in [2.45, 2.75) is 44.1 Å². The summed E-state index contributed by atoms with van der Waals surface area (Å²) >= 11 is 4.29. The zero-order valence-corrected chi connectivity index (χ0v) is 13.5. The first-order chi connectivity index (χ1) is 5.90. The molecule has 0 nitrogen and oxygen atoms in total. The van der Waals surface area contributed by atoms with E-state index in [2.05, 4.69) is 60.3 Å². The number of hydrogen-bond acceptors (Lipinski definition) is 1. The molecule has 0 N–H and O–H groups in total. The second-order valence-corrected chi connectivity index (χ2v) is 7.52. The minimum Gasteiger partial charge on any atom is -1.00 e. The predicted octanol–water partition coefficient (Wildman–Crippen LogP) is -2.32. The van der Waals surface area contributed by atoms with Crippen molar-refractivity contribution in [1.29, 1.82) is 0 Å². The van der Waals surface area contributed by atoms with Gasteiger partial charge in [0.15, 0.2) is 0 Å². The van der Waals surface area contributed by atoms with Gasteiger partial charge in [-0.3, -0.25) is 0 Å². The molecule has 1 rings (SSSR count). The van der Waals surface area contributed by atoms with Gasteiger partial charge in [-0.15, -0.1) is 0 Å². The monoisotopic (exact) mass is 299 g/mol. The average molecular weight is 300 g/mol. The van der Waals surface area contributed by atoms with Crippen LogP contribution >= 0.6 is 11.8 Å². The van der Waals surface area contributed by atoms with Gasteiger partial charge in [0, 0.05) is 0 Å². The molecule has 1 aliphatic carbocycles. The van der Waals surface area contributed by atoms with Crippen LogP contribution in [0.1, 0.15) is 34.1 Å². The molecular formula is C11H17Cl2STi. The Balaban J connectivity index is 0. The van der Waals surface area contributed by atoms with Crippen molar-refractivity contribution >= 4 is 11.8 Å². The SMILES string of the molecule is CC(SC(C)(C)C)C1=[C]([Ti+2])CC=C1.[Cl-].[Cl-]. The van der Waals surface area contributed by atoms with Gasteiger partial charge >= 0.3 is 97.9 Å². The van der Waals surface area contributed by atoms with Gasteiger partial charge in [-0.1, -0.05) is 0 Å². The van der Waals surface area contributed by atoms with E-state index in [1.54, 1.807) is 9.45 Å². The maximum absolute atomic E-state index is 2.31. The Morgan fingerprint density at radius 2 is 1.87 bits per heavy atom. The molecule has 1 atom stereocenters. The summed E-state index contributed by atoms with van der Waals surface area (Å²) in [6.07, 6.45) is 5.72. The van der Waals surface area contributed by atoms with Crippen molar-refractivity contribution in [2.24, 2.45) is 0 Å². The molecule has 0 spiro atoms. The molecule has 15 heavy (non-hydrogen) atoms. The van der Waals surface area contributed by atoms with E-state index in [0.717, 1.165) is 6.42 Å². The minimum atomic E-state index is 0. The van der Waals surface area contributed by atoms with Gasteiger partial charge < -0.3 is 24.8 Å². The quantitative estimate of drug-likeness (QED) is 0.516. The number of hydrogen-bond donors (Lipinski definition) is 0. The van der Waals surface area contributed by atoms with Crippen LogP contribution in [0.3, 0.4) is 0 Å². The molecule has 0 radical (unpaired) electrons. The molecule has 0 aromatic heterocycles. The molecular weight excluding hydrogens is 283 g/mol. The van der Waals surface area contributed by atoms with Crippen molar-refractivity contribution in [3.8, 4) is 0 Å². The molecule has 0 aromatic carbocycles. The summed E-state index contributed by atoms with van der Waals surface area (Å²) in [4.78, 5) is 0. The molecule has 1 unspecified atom stereocenters. The van der Waals surface area contributed by atoms with Gasteiger partial charge in [0.25, 0.3) is 0 Å². The van der Waals surface area contributed by atoms with Gasteiger partial charge in [0.05, 0.1) is 0 Å². The number of rotatable bonds is 2. The van der Waals surface area contributed by atoms with Gasteiger partial charge in [-0.2, -0.15) is 0 Å². The summed E-state index contributed by atoms with van der Waals surface area (Å²) in [7, 11) is 0. The second kappa shape index (κ2) is 7.45. The second-order valence-electron chi connectivity index (χ2n) is 4.41. The van der Waals surface area contributed by atoms with E-state index in [-0.39, 0.29) is 24.8 Å². The molecule has 4 heteroatoms. The first-order valence-corrected chi connectivity index (χ1v) is 6.35. The van der Waals surface area contributed by atoms with E-state index in [0.29, 0.717) is 10.00 Å². The predicted molar refractivity (Wildman–Crippen MR) is 57.6 cm³/mol. The molecule has 0 bridgehead atoms. The van der Waals surface area contributed by atoms with Crippen molar-refractivity contribution in [3.63, 3.8) is 0 Å². The van der Waals surface area contributed by atoms with Crippen LogP contribution in [0.15, 0.2) is 21.6 Å². The van der Waals surface area contributed by atoms with Gasteiger partial charge in [-0.25, -0.2) is 0 Å². The number of thioether (sulfide) groups is 1. The molecule has 0 heterocycles. The first-order valence-electron chi connectivity index (χ1n) is 4.69. The third-order valence-corrected chi connectivity index (χ3v) is 4.02. The topological polar surface area (TPSA) is 0 Å². The summed E-state index contributed by atoms with van der Waals surface area (Å²) in [5.41, 5.74) is 1.54. The third-order valence-electron chi connectivity index (χ3n) is 1.94. The molecule has 85 valence electrons. The Morgan fingerprint density at radius 1 is 1.33 bits per heavy atom. The van der Waals surface area contributed by atoms with Crippen LogP contribution < -0.4 is 24.8 Å². The summed E-state index contributed by atoms with van der Waals surface area (Å²) in [6.45, 7) is 9.15. The maximum Gasteiger partial charge on any atom is -1.00 e. The van der Waals surface area contributed by atoms with E-state index < -0.39 is 0 Å². The van der Waals surface area contributed by atoms with Crippen LogP contribution in [0, 0.1) is 0 Å². The largest absolute Gasteiger partial charge is 1.00 e. The normalized spacial score (nSPS) is 17.2. The Bertz CT molecular complexity index is 254. The Labute approximate surface area is 122 Å². The van der Waals surface area contributed by atoms with Crippen molar-refractivity contribution < 1.29 is 45.2 Å². The fraction of sp³-hybridized carbons (Fsp3) is 0.636. The van der Waals surface area contributed by atoms with Gasteiger partial charge in [0.1, 0.15) is 0 Å². The molecule has 0 aliphatic heterocycles. The summed E-state index contributed by atoms with van der Waals surface area (Å²) in [5, 5.41) is 0.638. The fourth-order valence-corrected chi connectivity index (χ4v) is 3.72. The van der Waals surface area contributed by atoms with E-state index >= 15 is 0 Å². The van der Waals surface area contributed by atoms with Crippen molar-refractivity contribution in [2.75, 3.05) is 0 Å². The van der Waals surface area contributed by atoms with Crippen LogP contribution in [0.5, 0.6) is 0 Å². The molecule has 0 saturated carbocycles. The first kappa shape index (κ1) is 18.5. The molecule has 1 aliphatic rings. The summed E-state index contributed by atoms with van der Waals surface area (Å²) in [5.74, 6) is 0. The van der Waals surface area contributed by atoms with Crippen LogP contribution in [0.25, 0.3) is 0 Å². The summed E-state index contributed by atoms with van der Waals surface area (Å²) < 4.78 is 1.91. The zero-order valence-electron chi connectivity index (χ0n) is 9.60. The Kier molecular flexibility index (Phi) is 9.18. The van der Waals surface area contributed by atoms with Crippen molar-refractivity contribution in [1.82, 2.24) is 0 Å². The smallest absolute Gasteiger partial charge is 1.00 e. The zero-order chi connectivity index (χ0) is 10.1. The molecule has 0 saturated heterocycles. The number of allylic oxidation sites excluding steroid dienone is 3. The standard InChI is InChI=1S/C11H17S.2ClH.Ti/c1-9(12-11(2,3)4)10-7-5-6-8-10;;;/h5,7,9H,6H2,1-4H3;2*1H;/q;;;+2/p-2. The van der Waals surface area contributed by atoms with Crippen LogP contribution in [-0.4, -0.2) is 10.00 Å². The average Bonchev–Trinajstić information content (AvgIpc) is 2.30. The van der Waals surface area contributed by atoms with E-state index in [9.17, 15) is 0 Å². The fourth-order valence-electron chi connectivity index (χ4n) is 1.50. The molecule has 0 amide bonds. The Morgan fingerprint density at radius 3 is 2.20 bits per heavy atom.